The molecule has 3 aromatic rings. The second-order valence-corrected chi connectivity index (χ2v) is 3.88. The van der Waals surface area contributed by atoms with Crippen molar-refractivity contribution < 1.29 is 0 Å². The largest absolute Gasteiger partial charge is 0.343 e. The number of imidazole rings is 1. The molecule has 2 aromatic heterocycles. The Labute approximate surface area is 96.3 Å². The summed E-state index contributed by atoms with van der Waals surface area (Å²) in [5, 5.41) is 6.07. The number of aromatic nitrogens is 5. The van der Waals surface area contributed by atoms with Crippen molar-refractivity contribution in [3.05, 3.63) is 46.9 Å². The number of para-hydroxylation sites is 2. The molecule has 17 heavy (non-hydrogen) atoms. The van der Waals surface area contributed by atoms with Crippen LogP contribution in [0.5, 0.6) is 0 Å². The molecule has 0 saturated carbocycles. The number of hydrogen-bond donors (Lipinski definition) is 2. The Bertz CT molecular complexity index is 675. The summed E-state index contributed by atoms with van der Waals surface area (Å²) in [4.78, 5) is 19.1. The van der Waals surface area contributed by atoms with E-state index in [9.17, 15) is 4.79 Å². The number of nitrogens with one attached hydrogen (secondary N) is 2. The molecule has 0 amide bonds. The van der Waals surface area contributed by atoms with Gasteiger partial charge in [-0.1, -0.05) is 12.1 Å². The molecule has 0 bridgehead atoms. The third-order valence-corrected chi connectivity index (χ3v) is 2.80. The van der Waals surface area contributed by atoms with Crippen LogP contribution in [-0.2, 0) is 0 Å². The highest BCUT2D eigenvalue weighted by Crippen LogP contribution is 2.17. The summed E-state index contributed by atoms with van der Waals surface area (Å²) in [6.07, 6.45) is 1.47. The summed E-state index contributed by atoms with van der Waals surface area (Å²) in [7, 11) is 0. The molecule has 2 N–H and O–H groups in total. The minimum atomic E-state index is -0.238. The predicted octanol–water partition coefficient (Wildman–Crippen LogP) is 1.06. The van der Waals surface area contributed by atoms with E-state index in [2.05, 4.69) is 20.2 Å². The smallest absolute Gasteiger partial charge is 0.340 e. The van der Waals surface area contributed by atoms with Crippen LogP contribution in [0.4, 0.5) is 0 Å². The van der Waals surface area contributed by atoms with Crippen LogP contribution in [0, 0.1) is 0 Å². The van der Waals surface area contributed by atoms with Gasteiger partial charge in [-0.15, -0.1) is 0 Å². The maximum Gasteiger partial charge on any atom is 0.343 e. The van der Waals surface area contributed by atoms with Gasteiger partial charge in [0.05, 0.1) is 17.1 Å². The van der Waals surface area contributed by atoms with Gasteiger partial charge in [-0.05, 0) is 19.1 Å². The van der Waals surface area contributed by atoms with Gasteiger partial charge in [-0.25, -0.2) is 14.9 Å². The number of hydrogen-bond acceptors (Lipinski definition) is 3. The normalized spacial score (nSPS) is 13.0. The van der Waals surface area contributed by atoms with E-state index in [-0.39, 0.29) is 11.7 Å². The van der Waals surface area contributed by atoms with Crippen molar-refractivity contribution >= 4 is 11.0 Å². The molecule has 2 heterocycles. The summed E-state index contributed by atoms with van der Waals surface area (Å²) in [5.74, 6) is 0.745. The lowest BCUT2D eigenvalue weighted by Crippen LogP contribution is -2.21. The lowest BCUT2D eigenvalue weighted by molar-refractivity contribution is 0.588. The number of rotatable bonds is 2. The Morgan fingerprint density at radius 2 is 2.18 bits per heavy atom. The Kier molecular flexibility index (Phi) is 2.07. The first-order valence-electron chi connectivity index (χ1n) is 5.32. The summed E-state index contributed by atoms with van der Waals surface area (Å²) in [6.45, 7) is 1.90. The van der Waals surface area contributed by atoms with E-state index in [0.29, 0.717) is 0 Å². The van der Waals surface area contributed by atoms with Crippen LogP contribution in [0.15, 0.2) is 35.4 Å². The highest BCUT2D eigenvalue weighted by Gasteiger charge is 2.14. The predicted molar refractivity (Wildman–Crippen MR) is 62.8 cm³/mol. The van der Waals surface area contributed by atoms with E-state index in [1.807, 2.05) is 31.2 Å². The van der Waals surface area contributed by atoms with E-state index in [1.165, 1.54) is 10.9 Å². The molecule has 3 rings (SSSR count). The van der Waals surface area contributed by atoms with Crippen LogP contribution in [-0.4, -0.2) is 24.7 Å². The van der Waals surface area contributed by atoms with E-state index >= 15 is 0 Å². The highest BCUT2D eigenvalue weighted by molar-refractivity contribution is 5.74. The van der Waals surface area contributed by atoms with Crippen molar-refractivity contribution in [2.24, 2.45) is 0 Å². The van der Waals surface area contributed by atoms with E-state index < -0.39 is 0 Å². The molecule has 1 atom stereocenters. The first kappa shape index (κ1) is 9.83. The van der Waals surface area contributed by atoms with E-state index in [0.717, 1.165) is 16.9 Å². The maximum atomic E-state index is 11.5. The van der Waals surface area contributed by atoms with Gasteiger partial charge in [-0.3, -0.25) is 4.57 Å². The van der Waals surface area contributed by atoms with Crippen LogP contribution in [0.2, 0.25) is 0 Å². The molecule has 6 nitrogen and oxygen atoms in total. The Morgan fingerprint density at radius 1 is 1.35 bits per heavy atom. The fourth-order valence-corrected chi connectivity index (χ4v) is 1.83. The first-order chi connectivity index (χ1) is 8.25. The van der Waals surface area contributed by atoms with Crippen LogP contribution in [0.25, 0.3) is 11.0 Å². The van der Waals surface area contributed by atoms with Gasteiger partial charge < -0.3 is 4.98 Å². The molecule has 0 aliphatic rings. The molecule has 86 valence electrons. The van der Waals surface area contributed by atoms with Crippen LogP contribution < -0.4 is 5.69 Å². The molecular formula is C11H11N5O. The molecule has 1 aromatic carbocycles. The van der Waals surface area contributed by atoms with E-state index in [1.54, 1.807) is 0 Å². The van der Waals surface area contributed by atoms with E-state index in [4.69, 9.17) is 0 Å². The minimum Gasteiger partial charge on any atom is -0.340 e. The molecule has 0 spiro atoms. The van der Waals surface area contributed by atoms with Crippen molar-refractivity contribution in [3.8, 4) is 0 Å². The van der Waals surface area contributed by atoms with Gasteiger partial charge in [0.1, 0.15) is 12.2 Å². The van der Waals surface area contributed by atoms with Gasteiger partial charge in [0.15, 0.2) is 0 Å². The van der Waals surface area contributed by atoms with Gasteiger partial charge in [0.2, 0.25) is 0 Å². The molecule has 0 aliphatic heterocycles. The first-order valence-corrected chi connectivity index (χ1v) is 5.32. The van der Waals surface area contributed by atoms with Gasteiger partial charge in [0, 0.05) is 0 Å². The van der Waals surface area contributed by atoms with Gasteiger partial charge >= 0.3 is 5.69 Å². The molecular weight excluding hydrogens is 218 g/mol. The fourth-order valence-electron chi connectivity index (χ4n) is 1.83. The molecule has 0 aliphatic carbocycles. The van der Waals surface area contributed by atoms with Crippen molar-refractivity contribution in [2.75, 3.05) is 0 Å². The molecule has 1 unspecified atom stereocenters. The van der Waals surface area contributed by atoms with Crippen LogP contribution >= 0.6 is 0 Å². The number of benzene rings is 1. The number of aromatic amines is 2. The average molecular weight is 229 g/mol. The molecule has 6 heteroatoms. The van der Waals surface area contributed by atoms with Crippen molar-refractivity contribution in [3.63, 3.8) is 0 Å². The third kappa shape index (κ3) is 1.54. The van der Waals surface area contributed by atoms with Gasteiger partial charge in [-0.2, -0.15) is 5.10 Å². The lowest BCUT2D eigenvalue weighted by Gasteiger charge is -2.07. The van der Waals surface area contributed by atoms with Crippen LogP contribution in [0.1, 0.15) is 18.8 Å². The summed E-state index contributed by atoms with van der Waals surface area (Å²) in [5.41, 5.74) is 1.62. The lowest BCUT2D eigenvalue weighted by atomic mass is 10.3. The van der Waals surface area contributed by atoms with Crippen molar-refractivity contribution in [1.82, 2.24) is 24.7 Å². The quantitative estimate of drug-likeness (QED) is 0.689. The second-order valence-electron chi connectivity index (χ2n) is 3.88. The van der Waals surface area contributed by atoms with Gasteiger partial charge in [0.25, 0.3) is 0 Å². The number of nitrogens with zero attached hydrogens (tertiary/aromatic N) is 3. The topological polar surface area (TPSA) is 79.4 Å². The fraction of sp³-hybridized carbons (Fsp3) is 0.182. The monoisotopic (exact) mass is 229 g/mol. The summed E-state index contributed by atoms with van der Waals surface area (Å²) in [6, 6.07) is 7.59. The highest BCUT2D eigenvalue weighted by atomic mass is 16.1. The molecule has 0 radical (unpaired) electrons. The van der Waals surface area contributed by atoms with Crippen molar-refractivity contribution in [1.29, 1.82) is 0 Å². The zero-order valence-electron chi connectivity index (χ0n) is 9.21. The summed E-state index contributed by atoms with van der Waals surface area (Å²) >= 11 is 0. The van der Waals surface area contributed by atoms with Crippen LogP contribution in [0.3, 0.4) is 0 Å². The summed E-state index contributed by atoms with van der Waals surface area (Å²) < 4.78 is 1.50. The second kappa shape index (κ2) is 3.58. The Hall–Kier alpha value is -2.37. The number of H-pyrrole nitrogens is 2. The zero-order chi connectivity index (χ0) is 11.8. The number of fused-ring (bicyclic) bond motifs is 1. The standard InChI is InChI=1S/C11H11N5O/c1-7(16-6-12-15-11(16)17)10-13-8-4-2-3-5-9(8)14-10/h2-7H,1H3,(H,13,14)(H,15,17). The average Bonchev–Trinajstić information content (AvgIpc) is 2.93. The third-order valence-electron chi connectivity index (χ3n) is 2.80. The maximum absolute atomic E-state index is 11.5. The minimum absolute atomic E-state index is 0.173. The SMILES string of the molecule is CC(c1nc2ccccc2[nH]1)n1cn[nH]c1=O. The Morgan fingerprint density at radius 3 is 2.88 bits per heavy atom. The molecule has 0 saturated heterocycles. The Balaban J connectivity index is 2.10. The zero-order valence-corrected chi connectivity index (χ0v) is 9.21. The van der Waals surface area contributed by atoms with Crippen molar-refractivity contribution in [2.45, 2.75) is 13.0 Å². The molecule has 0 fully saturated rings.